The van der Waals surface area contributed by atoms with Gasteiger partial charge >= 0.3 is 6.09 Å². The number of rotatable bonds is 4. The Balaban J connectivity index is 1.33. The van der Waals surface area contributed by atoms with Crippen molar-refractivity contribution in [2.24, 2.45) is 12.5 Å². The second-order valence-electron chi connectivity index (χ2n) is 11.2. The monoisotopic (exact) mass is 538 g/mol. The zero-order chi connectivity index (χ0) is 26.9. The Bertz CT molecular complexity index is 1440. The van der Waals surface area contributed by atoms with Gasteiger partial charge in [0.2, 0.25) is 0 Å². The van der Waals surface area contributed by atoms with Crippen LogP contribution in [0.3, 0.4) is 0 Å². The lowest BCUT2D eigenvalue weighted by molar-refractivity contribution is 0.118. The van der Waals surface area contributed by atoms with E-state index in [9.17, 15) is 13.6 Å². The summed E-state index contributed by atoms with van der Waals surface area (Å²) in [5.74, 6) is 0.759. The van der Waals surface area contributed by atoms with Gasteiger partial charge in [0, 0.05) is 72.8 Å². The molecule has 2 aromatic heterocycles. The van der Waals surface area contributed by atoms with Crippen molar-refractivity contribution >= 4 is 17.6 Å². The van der Waals surface area contributed by atoms with Crippen LogP contribution in [-0.4, -0.2) is 64.0 Å². The number of benzene rings is 1. The highest BCUT2D eigenvalue weighted by Gasteiger charge is 2.59. The van der Waals surface area contributed by atoms with Gasteiger partial charge in [-0.15, -0.1) is 0 Å². The Labute approximate surface area is 225 Å². The van der Waals surface area contributed by atoms with Crippen molar-refractivity contribution in [3.8, 4) is 11.1 Å². The zero-order valence-electron chi connectivity index (χ0n) is 22.2. The van der Waals surface area contributed by atoms with Crippen LogP contribution >= 0.6 is 0 Å². The van der Waals surface area contributed by atoms with Gasteiger partial charge in [0.15, 0.2) is 5.82 Å². The third kappa shape index (κ3) is 3.92. The van der Waals surface area contributed by atoms with Crippen LogP contribution in [0.2, 0.25) is 0 Å². The van der Waals surface area contributed by atoms with Gasteiger partial charge in [0.05, 0.1) is 32.5 Å². The lowest BCUT2D eigenvalue weighted by atomic mass is 9.92. The van der Waals surface area contributed by atoms with Gasteiger partial charge in [-0.05, 0) is 48.9 Å². The van der Waals surface area contributed by atoms with E-state index in [0.29, 0.717) is 37.2 Å². The molecule has 7 rings (SSSR count). The van der Waals surface area contributed by atoms with Crippen molar-refractivity contribution in [1.29, 1.82) is 0 Å². The van der Waals surface area contributed by atoms with Gasteiger partial charge in [0.1, 0.15) is 0 Å². The van der Waals surface area contributed by atoms with E-state index in [1.54, 1.807) is 35.1 Å². The molecule has 1 amide bonds. The summed E-state index contributed by atoms with van der Waals surface area (Å²) in [6.07, 6.45) is 4.79. The molecule has 1 saturated heterocycles. The number of nitrogens with zero attached hydrogens (tertiary/aromatic N) is 6. The normalized spacial score (nSPS) is 23.9. The van der Waals surface area contributed by atoms with E-state index in [0.717, 1.165) is 67.2 Å². The third-order valence-electron chi connectivity index (χ3n) is 8.95. The van der Waals surface area contributed by atoms with Crippen LogP contribution < -0.4 is 4.90 Å². The molecular weight excluding hydrogens is 506 g/mol. The lowest BCUT2D eigenvalue weighted by Crippen LogP contribution is -2.37. The molecule has 5 heterocycles. The van der Waals surface area contributed by atoms with E-state index in [4.69, 9.17) is 14.6 Å². The molecule has 206 valence electrons. The Morgan fingerprint density at radius 2 is 2.13 bits per heavy atom. The first-order chi connectivity index (χ1) is 18.9. The van der Waals surface area contributed by atoms with Crippen LogP contribution in [-0.2, 0) is 35.9 Å². The molecule has 1 aliphatic carbocycles. The number of carbonyl (C=O) groups is 1. The number of ether oxygens (including phenoxy) is 2. The first kappa shape index (κ1) is 24.6. The Hall–Kier alpha value is -3.47. The number of methoxy groups -OCH3 is 1. The van der Waals surface area contributed by atoms with Crippen LogP contribution in [0.4, 0.5) is 25.1 Å². The van der Waals surface area contributed by atoms with E-state index >= 15 is 0 Å². The second-order valence-corrected chi connectivity index (χ2v) is 11.2. The van der Waals surface area contributed by atoms with Gasteiger partial charge in [-0.2, -0.15) is 10.2 Å². The standard InChI is InChI=1S/C28H32F2N6O3/c1-33-14-18(13-31-33)19-10-17-4-3-7-35(23(17)11-20(19)25(29)30)26-21-15-34(27(37)38-2)8-5-22(21)36(32-26)24-12-28(24)6-9-39-16-28/h10-11,13-14,24-25H,3-9,12,15-16H2,1-2H3/t24?,28-/m0/s1. The third-order valence-corrected chi connectivity index (χ3v) is 8.95. The summed E-state index contributed by atoms with van der Waals surface area (Å²) in [7, 11) is 3.17. The Morgan fingerprint density at radius 3 is 2.85 bits per heavy atom. The molecule has 2 fully saturated rings. The number of amides is 1. The minimum atomic E-state index is -2.63. The molecule has 4 aliphatic rings. The van der Waals surface area contributed by atoms with Gasteiger partial charge < -0.3 is 19.3 Å². The first-order valence-corrected chi connectivity index (χ1v) is 13.6. The maximum Gasteiger partial charge on any atom is 0.409 e. The molecule has 3 aromatic rings. The minimum Gasteiger partial charge on any atom is -0.453 e. The average molecular weight is 539 g/mol. The number of aromatic nitrogens is 4. The van der Waals surface area contributed by atoms with Crippen molar-refractivity contribution in [3.05, 3.63) is 46.9 Å². The van der Waals surface area contributed by atoms with Crippen molar-refractivity contribution in [1.82, 2.24) is 24.5 Å². The smallest absolute Gasteiger partial charge is 0.409 e. The molecule has 0 radical (unpaired) electrons. The molecule has 9 nitrogen and oxygen atoms in total. The van der Waals surface area contributed by atoms with E-state index in [1.807, 2.05) is 6.07 Å². The quantitative estimate of drug-likeness (QED) is 0.476. The van der Waals surface area contributed by atoms with Gasteiger partial charge in [0.25, 0.3) is 6.43 Å². The summed E-state index contributed by atoms with van der Waals surface area (Å²) in [5, 5.41) is 9.38. The molecule has 3 aliphatic heterocycles. The molecule has 39 heavy (non-hydrogen) atoms. The maximum atomic E-state index is 14.4. The molecule has 2 atom stereocenters. The molecule has 1 spiro atoms. The Morgan fingerprint density at radius 1 is 1.26 bits per heavy atom. The van der Waals surface area contributed by atoms with Crippen molar-refractivity contribution in [3.63, 3.8) is 0 Å². The summed E-state index contributed by atoms with van der Waals surface area (Å²) in [6.45, 7) is 3.13. The topological polar surface area (TPSA) is 77.7 Å². The first-order valence-electron chi connectivity index (χ1n) is 13.6. The molecular formula is C28H32F2N6O3. The zero-order valence-corrected chi connectivity index (χ0v) is 22.2. The number of hydrogen-bond acceptors (Lipinski definition) is 6. The van der Waals surface area contributed by atoms with E-state index in [2.05, 4.69) is 14.7 Å². The van der Waals surface area contributed by atoms with Crippen LogP contribution in [0.25, 0.3) is 11.1 Å². The molecule has 0 N–H and O–H groups in total. The fourth-order valence-electron chi connectivity index (χ4n) is 6.77. The predicted molar refractivity (Wildman–Crippen MR) is 139 cm³/mol. The van der Waals surface area contributed by atoms with Gasteiger partial charge in [-0.3, -0.25) is 9.36 Å². The minimum absolute atomic E-state index is 0.0117. The van der Waals surface area contributed by atoms with E-state index in [1.165, 1.54) is 7.11 Å². The fourth-order valence-corrected chi connectivity index (χ4v) is 6.77. The van der Waals surface area contributed by atoms with Crippen LogP contribution in [0.1, 0.15) is 54.1 Å². The number of hydrogen-bond donors (Lipinski definition) is 0. The molecule has 1 aromatic carbocycles. The highest BCUT2D eigenvalue weighted by molar-refractivity contribution is 5.77. The number of carbonyl (C=O) groups excluding carboxylic acids is 1. The Kier molecular flexibility index (Phi) is 5.69. The maximum absolute atomic E-state index is 14.4. The van der Waals surface area contributed by atoms with Crippen molar-refractivity contribution < 1.29 is 23.0 Å². The number of halogens is 2. The fraction of sp³-hybridized carbons (Fsp3) is 0.536. The predicted octanol–water partition coefficient (Wildman–Crippen LogP) is 4.78. The second kappa shape index (κ2) is 9.04. The van der Waals surface area contributed by atoms with Gasteiger partial charge in [-0.1, -0.05) is 0 Å². The van der Waals surface area contributed by atoms with Crippen LogP contribution in [0, 0.1) is 5.41 Å². The summed E-state index contributed by atoms with van der Waals surface area (Å²) in [4.78, 5) is 16.3. The average Bonchev–Trinajstić information content (AvgIpc) is 3.30. The molecule has 1 unspecified atom stereocenters. The summed E-state index contributed by atoms with van der Waals surface area (Å²) in [5.41, 5.74) is 5.22. The van der Waals surface area contributed by atoms with Crippen LogP contribution in [0.5, 0.6) is 0 Å². The summed E-state index contributed by atoms with van der Waals surface area (Å²) >= 11 is 0. The molecule has 11 heteroatoms. The van der Waals surface area contributed by atoms with E-state index in [-0.39, 0.29) is 23.1 Å². The largest absolute Gasteiger partial charge is 0.453 e. The number of aryl methyl sites for hydroxylation is 2. The highest BCUT2D eigenvalue weighted by Crippen LogP contribution is 2.62. The molecule has 1 saturated carbocycles. The van der Waals surface area contributed by atoms with Crippen molar-refractivity contribution in [2.45, 2.75) is 51.1 Å². The van der Waals surface area contributed by atoms with Crippen molar-refractivity contribution in [2.75, 3.05) is 38.3 Å². The lowest BCUT2D eigenvalue weighted by Gasteiger charge is -2.33. The highest BCUT2D eigenvalue weighted by atomic mass is 19.3. The summed E-state index contributed by atoms with van der Waals surface area (Å²) in [6, 6.07) is 3.80. The van der Waals surface area contributed by atoms with E-state index < -0.39 is 6.43 Å². The SMILES string of the molecule is COC(=O)N1CCc2c(c(N3CCCc4cc(-c5cnn(C)c5)c(C(F)F)cc43)nn2C2C[C@]23CCOC3)C1. The number of anilines is 2. The molecule has 0 bridgehead atoms. The van der Waals surface area contributed by atoms with Gasteiger partial charge in [-0.25, -0.2) is 13.6 Å². The van der Waals surface area contributed by atoms with Crippen LogP contribution in [0.15, 0.2) is 24.5 Å². The number of alkyl halides is 2. The number of fused-ring (bicyclic) bond motifs is 2. The summed E-state index contributed by atoms with van der Waals surface area (Å²) < 4.78 is 43.4.